The highest BCUT2D eigenvalue weighted by atomic mass is 32.2. The van der Waals surface area contributed by atoms with Crippen LogP contribution in [-0.4, -0.2) is 29.7 Å². The summed E-state index contributed by atoms with van der Waals surface area (Å²) in [7, 11) is 0. The highest BCUT2D eigenvalue weighted by Crippen LogP contribution is 2.17. The molecule has 0 spiro atoms. The summed E-state index contributed by atoms with van der Waals surface area (Å²) in [5.74, 6) is 2.45. The Morgan fingerprint density at radius 3 is 2.58 bits per heavy atom. The number of nitrogens with zero attached hydrogens (tertiary/aromatic N) is 2. The Kier molecular flexibility index (Phi) is 6.13. The fourth-order valence-electron chi connectivity index (χ4n) is 2.74. The van der Waals surface area contributed by atoms with Crippen molar-refractivity contribution in [3.8, 4) is 0 Å². The molecule has 0 radical (unpaired) electrons. The summed E-state index contributed by atoms with van der Waals surface area (Å²) in [6.45, 7) is 2.74. The highest BCUT2D eigenvalue weighted by Gasteiger charge is 2.13. The van der Waals surface area contributed by atoms with Crippen LogP contribution in [0, 0.1) is 0 Å². The number of benzene rings is 1. The number of hydrogen-bond acceptors (Lipinski definition) is 4. The number of anilines is 1. The summed E-state index contributed by atoms with van der Waals surface area (Å²) in [6.07, 6.45) is 4.37. The average Bonchev–Trinajstić information content (AvgIpc) is 3.16. The molecule has 1 fully saturated rings. The van der Waals surface area contributed by atoms with Gasteiger partial charge < -0.3 is 10.2 Å². The third kappa shape index (κ3) is 4.99. The van der Waals surface area contributed by atoms with Gasteiger partial charge in [0.15, 0.2) is 0 Å². The van der Waals surface area contributed by atoms with Crippen molar-refractivity contribution in [1.29, 1.82) is 0 Å². The van der Waals surface area contributed by atoms with Crippen molar-refractivity contribution >= 4 is 23.5 Å². The molecule has 2 heterocycles. The predicted molar refractivity (Wildman–Crippen MR) is 100 cm³/mol. The monoisotopic (exact) mass is 341 g/mol. The van der Waals surface area contributed by atoms with Crippen molar-refractivity contribution in [2.24, 2.45) is 0 Å². The summed E-state index contributed by atoms with van der Waals surface area (Å²) < 4.78 is 0. The Morgan fingerprint density at radius 2 is 1.88 bits per heavy atom. The van der Waals surface area contributed by atoms with Crippen LogP contribution in [0.15, 0.2) is 48.7 Å². The van der Waals surface area contributed by atoms with E-state index in [1.165, 1.54) is 18.4 Å². The van der Waals surface area contributed by atoms with Gasteiger partial charge in [0.2, 0.25) is 5.91 Å². The number of hydrogen-bond donors (Lipinski definition) is 1. The first-order chi connectivity index (χ1) is 11.8. The second-order valence-electron chi connectivity index (χ2n) is 5.97. The van der Waals surface area contributed by atoms with E-state index in [0.29, 0.717) is 12.3 Å². The lowest BCUT2D eigenvalue weighted by atomic mass is 10.2. The lowest BCUT2D eigenvalue weighted by Gasteiger charge is -2.16. The lowest BCUT2D eigenvalue weighted by molar-refractivity contribution is -0.118. The van der Waals surface area contributed by atoms with Gasteiger partial charge in [-0.15, -0.1) is 11.8 Å². The molecule has 1 aliphatic rings. The van der Waals surface area contributed by atoms with Crippen LogP contribution in [-0.2, 0) is 17.1 Å². The molecule has 3 rings (SSSR count). The summed E-state index contributed by atoms with van der Waals surface area (Å²) in [4.78, 5) is 18.7. The van der Waals surface area contributed by atoms with E-state index >= 15 is 0 Å². The number of carbonyl (C=O) groups excluding carboxylic acids is 1. The number of amides is 1. The number of aromatic nitrogens is 1. The van der Waals surface area contributed by atoms with Crippen LogP contribution in [0.25, 0.3) is 0 Å². The van der Waals surface area contributed by atoms with Gasteiger partial charge in [-0.25, -0.2) is 4.98 Å². The third-order valence-corrected chi connectivity index (χ3v) is 5.08. The Bertz CT molecular complexity index is 639. The van der Waals surface area contributed by atoms with Crippen molar-refractivity contribution in [2.75, 3.05) is 23.7 Å². The average molecular weight is 341 g/mol. The molecule has 0 atom stereocenters. The van der Waals surface area contributed by atoms with Crippen molar-refractivity contribution in [2.45, 2.75) is 25.1 Å². The van der Waals surface area contributed by atoms with E-state index in [1.807, 2.05) is 24.4 Å². The molecule has 1 N–H and O–H groups in total. The second-order valence-corrected chi connectivity index (χ2v) is 6.96. The predicted octanol–water partition coefficient (Wildman–Crippen LogP) is 3.23. The van der Waals surface area contributed by atoms with Gasteiger partial charge in [0.25, 0.3) is 0 Å². The molecule has 0 aliphatic carbocycles. The van der Waals surface area contributed by atoms with Gasteiger partial charge in [-0.3, -0.25) is 4.79 Å². The molecule has 1 amide bonds. The maximum Gasteiger partial charge on any atom is 0.230 e. The Hall–Kier alpha value is -2.01. The third-order valence-electron chi connectivity index (χ3n) is 4.07. The fourth-order valence-corrected chi connectivity index (χ4v) is 3.56. The van der Waals surface area contributed by atoms with E-state index in [9.17, 15) is 4.79 Å². The van der Waals surface area contributed by atoms with Crippen LogP contribution < -0.4 is 10.2 Å². The molecule has 5 heteroatoms. The summed E-state index contributed by atoms with van der Waals surface area (Å²) >= 11 is 1.63. The molecule has 0 bridgehead atoms. The van der Waals surface area contributed by atoms with Crippen LogP contribution in [0.5, 0.6) is 0 Å². The molecular weight excluding hydrogens is 318 g/mol. The van der Waals surface area contributed by atoms with E-state index in [-0.39, 0.29) is 5.91 Å². The van der Waals surface area contributed by atoms with Crippen molar-refractivity contribution in [3.05, 3.63) is 59.8 Å². The molecule has 1 aromatic heterocycles. The van der Waals surface area contributed by atoms with Gasteiger partial charge in [0.1, 0.15) is 5.82 Å². The van der Waals surface area contributed by atoms with E-state index in [2.05, 4.69) is 39.5 Å². The maximum atomic E-state index is 11.9. The smallest absolute Gasteiger partial charge is 0.230 e. The molecule has 0 unspecified atom stereocenters. The number of pyridine rings is 1. The minimum Gasteiger partial charge on any atom is -0.357 e. The van der Waals surface area contributed by atoms with E-state index in [0.717, 1.165) is 30.2 Å². The first-order valence-corrected chi connectivity index (χ1v) is 9.55. The van der Waals surface area contributed by atoms with Crippen LogP contribution in [0.1, 0.15) is 24.0 Å². The summed E-state index contributed by atoms with van der Waals surface area (Å²) in [6, 6.07) is 14.3. The van der Waals surface area contributed by atoms with Gasteiger partial charge in [-0.1, -0.05) is 36.4 Å². The molecule has 1 saturated heterocycles. The molecule has 0 saturated carbocycles. The molecule has 2 aromatic rings. The second kappa shape index (κ2) is 8.73. The minimum atomic E-state index is 0.0690. The number of carbonyl (C=O) groups is 1. The van der Waals surface area contributed by atoms with E-state index < -0.39 is 0 Å². The quantitative estimate of drug-likeness (QED) is 0.840. The van der Waals surface area contributed by atoms with E-state index in [1.54, 1.807) is 11.8 Å². The molecule has 126 valence electrons. The van der Waals surface area contributed by atoms with Crippen molar-refractivity contribution in [3.63, 3.8) is 0 Å². The Balaban J connectivity index is 1.38. The van der Waals surface area contributed by atoms with Crippen molar-refractivity contribution < 1.29 is 4.79 Å². The maximum absolute atomic E-state index is 11.9. The first-order valence-electron chi connectivity index (χ1n) is 8.39. The number of nitrogens with one attached hydrogen (secondary N) is 1. The lowest BCUT2D eigenvalue weighted by Crippen LogP contribution is -2.25. The van der Waals surface area contributed by atoms with Gasteiger partial charge >= 0.3 is 0 Å². The van der Waals surface area contributed by atoms with Gasteiger partial charge in [-0.2, -0.15) is 0 Å². The zero-order valence-electron chi connectivity index (χ0n) is 13.8. The zero-order valence-corrected chi connectivity index (χ0v) is 14.6. The van der Waals surface area contributed by atoms with Crippen LogP contribution >= 0.6 is 11.8 Å². The Morgan fingerprint density at radius 1 is 1.08 bits per heavy atom. The highest BCUT2D eigenvalue weighted by molar-refractivity contribution is 7.99. The fraction of sp³-hybridized carbons (Fsp3) is 0.368. The van der Waals surface area contributed by atoms with Crippen LogP contribution in [0.4, 0.5) is 5.82 Å². The first kappa shape index (κ1) is 16.8. The SMILES string of the molecule is O=C(CSCc1ccccc1)NCc1ccc(N2CCCC2)nc1. The zero-order chi connectivity index (χ0) is 16.6. The molecule has 1 aromatic carbocycles. The van der Waals surface area contributed by atoms with Gasteiger partial charge in [-0.05, 0) is 30.0 Å². The minimum absolute atomic E-state index is 0.0690. The standard InChI is InChI=1S/C19H23N3OS/c23-19(15-24-14-16-6-2-1-3-7-16)21-13-17-8-9-18(20-12-17)22-10-4-5-11-22/h1-3,6-9,12H,4-5,10-11,13-15H2,(H,21,23). The van der Waals surface area contributed by atoms with Crippen molar-refractivity contribution in [1.82, 2.24) is 10.3 Å². The largest absolute Gasteiger partial charge is 0.357 e. The molecule has 24 heavy (non-hydrogen) atoms. The summed E-state index contributed by atoms with van der Waals surface area (Å²) in [5.41, 5.74) is 2.29. The molecule has 1 aliphatic heterocycles. The number of thioether (sulfide) groups is 1. The van der Waals surface area contributed by atoms with Crippen LogP contribution in [0.2, 0.25) is 0 Å². The van der Waals surface area contributed by atoms with Crippen LogP contribution in [0.3, 0.4) is 0 Å². The molecule has 4 nitrogen and oxygen atoms in total. The van der Waals surface area contributed by atoms with Gasteiger partial charge in [0, 0.05) is 31.6 Å². The Labute approximate surface area is 147 Å². The summed E-state index contributed by atoms with van der Waals surface area (Å²) in [5, 5.41) is 2.96. The molecular formula is C19H23N3OS. The topological polar surface area (TPSA) is 45.2 Å². The van der Waals surface area contributed by atoms with Gasteiger partial charge in [0.05, 0.1) is 5.75 Å². The normalized spacial score (nSPS) is 13.9. The van der Waals surface area contributed by atoms with E-state index in [4.69, 9.17) is 0 Å². The number of rotatable bonds is 7.